The fraction of sp³-hybridized carbons (Fsp3) is 0.0476. The van der Waals surface area contributed by atoms with E-state index in [4.69, 9.17) is 4.74 Å². The Hall–Kier alpha value is -3.61. The number of hydrogen-bond donors (Lipinski definition) is 1. The van der Waals surface area contributed by atoms with Gasteiger partial charge in [-0.1, -0.05) is 36.4 Å². The molecule has 0 amide bonds. The van der Waals surface area contributed by atoms with E-state index in [-0.39, 0.29) is 16.8 Å². The fourth-order valence-electron chi connectivity index (χ4n) is 3.06. The maximum Gasteiger partial charge on any atom is 0.222 e. The minimum absolute atomic E-state index is 0.00416. The molecule has 0 saturated heterocycles. The van der Waals surface area contributed by atoms with Crippen LogP contribution in [0.15, 0.2) is 59.6 Å². The molecule has 3 aromatic carbocycles. The average molecular weight is 382 g/mol. The predicted octanol–water partition coefficient (Wildman–Crippen LogP) is 5.24. The molecule has 0 unspecified atom stereocenters. The summed E-state index contributed by atoms with van der Waals surface area (Å²) < 4.78 is 47.9. The Morgan fingerprint density at radius 2 is 1.61 bits per heavy atom. The molecule has 1 heterocycles. The van der Waals surface area contributed by atoms with Crippen LogP contribution in [0.25, 0.3) is 21.8 Å². The van der Waals surface area contributed by atoms with Gasteiger partial charge in [-0.15, -0.1) is 0 Å². The van der Waals surface area contributed by atoms with E-state index in [0.29, 0.717) is 16.6 Å². The average Bonchev–Trinajstić information content (AvgIpc) is 2.74. The third-order valence-electron chi connectivity index (χ3n) is 4.32. The number of benzene rings is 3. The van der Waals surface area contributed by atoms with Crippen molar-refractivity contribution in [2.45, 2.75) is 0 Å². The maximum atomic E-state index is 14.5. The van der Waals surface area contributed by atoms with Crippen LogP contribution in [0.3, 0.4) is 0 Å². The molecule has 0 bridgehead atoms. The Morgan fingerprint density at radius 1 is 0.929 bits per heavy atom. The first kappa shape index (κ1) is 17.8. The molecule has 4 nitrogen and oxygen atoms in total. The number of methoxy groups -OCH3 is 1. The van der Waals surface area contributed by atoms with Crippen LogP contribution >= 0.6 is 0 Å². The summed E-state index contributed by atoms with van der Waals surface area (Å²) in [5, 5.41) is 10.4. The quantitative estimate of drug-likeness (QED) is 0.223. The molecular formula is C21H13F3N2O2. The summed E-state index contributed by atoms with van der Waals surface area (Å²) >= 11 is 0. The lowest BCUT2D eigenvalue weighted by molar-refractivity contribution is 0.392. The Balaban J connectivity index is 2.20. The van der Waals surface area contributed by atoms with Gasteiger partial charge >= 0.3 is 0 Å². The Kier molecular flexibility index (Phi) is 4.35. The summed E-state index contributed by atoms with van der Waals surface area (Å²) in [5.74, 6) is -6.04. The zero-order valence-corrected chi connectivity index (χ0v) is 14.6. The topological polar surface area (TPSA) is 54.7 Å². The largest absolute Gasteiger partial charge is 0.504 e. The lowest BCUT2D eigenvalue weighted by Crippen LogP contribution is -2.08. The third-order valence-corrected chi connectivity index (χ3v) is 4.32. The Morgan fingerprint density at radius 3 is 2.32 bits per heavy atom. The first-order valence-corrected chi connectivity index (χ1v) is 8.29. The minimum atomic E-state index is -1.79. The first-order valence-electron chi connectivity index (χ1n) is 8.29. The molecule has 0 aliphatic heterocycles. The van der Waals surface area contributed by atoms with Gasteiger partial charge in [0, 0.05) is 5.39 Å². The second-order valence-corrected chi connectivity index (χ2v) is 5.97. The number of phenols is 1. The smallest absolute Gasteiger partial charge is 0.222 e. The van der Waals surface area contributed by atoms with Crippen LogP contribution in [0.1, 0.15) is 5.56 Å². The van der Waals surface area contributed by atoms with Crippen molar-refractivity contribution in [3.63, 3.8) is 0 Å². The molecule has 0 fully saturated rings. The van der Waals surface area contributed by atoms with Crippen molar-refractivity contribution >= 4 is 33.4 Å². The molecule has 1 aromatic heterocycles. The highest BCUT2D eigenvalue weighted by atomic mass is 19.2. The van der Waals surface area contributed by atoms with Gasteiger partial charge in [0.1, 0.15) is 5.52 Å². The van der Waals surface area contributed by atoms with Gasteiger partial charge in [0.05, 0.1) is 29.3 Å². The summed E-state index contributed by atoms with van der Waals surface area (Å²) in [5.41, 5.74) is 0.438. The standard InChI is InChI=1S/C21H13F3N2O2/c1-28-21(25-11-7-3-2-4-8-11)14-12-9-5-6-10-13(12)26-19-15(14)20(27)18(24)16(22)17(19)23/h2-10,27H,1H3. The van der Waals surface area contributed by atoms with Crippen molar-refractivity contribution in [1.29, 1.82) is 0 Å². The highest BCUT2D eigenvalue weighted by Gasteiger charge is 2.27. The van der Waals surface area contributed by atoms with Crippen molar-refractivity contribution in [2.75, 3.05) is 7.11 Å². The van der Waals surface area contributed by atoms with E-state index in [1.54, 1.807) is 48.5 Å². The van der Waals surface area contributed by atoms with Crippen LogP contribution in [-0.4, -0.2) is 23.1 Å². The van der Waals surface area contributed by atoms with Crippen molar-refractivity contribution < 1.29 is 23.0 Å². The Bertz CT molecular complexity index is 1240. The Labute approximate surface area is 157 Å². The molecule has 28 heavy (non-hydrogen) atoms. The summed E-state index contributed by atoms with van der Waals surface area (Å²) in [6, 6.07) is 15.4. The lowest BCUT2D eigenvalue weighted by Gasteiger charge is -2.14. The lowest BCUT2D eigenvalue weighted by atomic mass is 10.0. The van der Waals surface area contributed by atoms with E-state index in [9.17, 15) is 18.3 Å². The number of aromatic hydroxyl groups is 1. The number of fused-ring (bicyclic) bond motifs is 2. The predicted molar refractivity (Wildman–Crippen MR) is 100 cm³/mol. The molecule has 0 aliphatic carbocycles. The SMILES string of the molecule is COC(=Nc1ccccc1)c1c2ccccc2nc2c(F)c(F)c(F)c(O)c12. The van der Waals surface area contributed by atoms with Crippen molar-refractivity contribution in [3.05, 3.63) is 77.6 Å². The molecular weight excluding hydrogens is 369 g/mol. The maximum absolute atomic E-state index is 14.5. The number of halogens is 3. The van der Waals surface area contributed by atoms with E-state index >= 15 is 0 Å². The zero-order chi connectivity index (χ0) is 19.8. The highest BCUT2D eigenvalue weighted by Crippen LogP contribution is 2.38. The summed E-state index contributed by atoms with van der Waals surface area (Å²) in [6.07, 6.45) is 0. The molecule has 0 spiro atoms. The van der Waals surface area contributed by atoms with E-state index in [2.05, 4.69) is 9.98 Å². The van der Waals surface area contributed by atoms with Gasteiger partial charge < -0.3 is 9.84 Å². The van der Waals surface area contributed by atoms with Crippen molar-refractivity contribution in [1.82, 2.24) is 4.98 Å². The number of para-hydroxylation sites is 2. The van der Waals surface area contributed by atoms with Crippen molar-refractivity contribution in [3.8, 4) is 5.75 Å². The second kappa shape index (κ2) is 6.84. The van der Waals surface area contributed by atoms with Gasteiger partial charge in [-0.2, -0.15) is 4.39 Å². The summed E-state index contributed by atoms with van der Waals surface area (Å²) in [7, 11) is 1.34. The second-order valence-electron chi connectivity index (χ2n) is 5.97. The molecule has 4 aromatic rings. The van der Waals surface area contributed by atoms with Gasteiger partial charge in [-0.3, -0.25) is 0 Å². The van der Waals surface area contributed by atoms with Crippen LogP contribution < -0.4 is 0 Å². The highest BCUT2D eigenvalue weighted by molar-refractivity contribution is 6.18. The van der Waals surface area contributed by atoms with Crippen LogP contribution in [0, 0.1) is 17.5 Å². The first-order chi connectivity index (χ1) is 13.5. The number of hydrogen-bond acceptors (Lipinski definition) is 4. The number of ether oxygens (including phenoxy) is 1. The van der Waals surface area contributed by atoms with Crippen LogP contribution in [0.5, 0.6) is 5.75 Å². The van der Waals surface area contributed by atoms with Crippen LogP contribution in [-0.2, 0) is 4.74 Å². The number of aliphatic imine (C=N–C) groups is 1. The normalized spacial score (nSPS) is 11.9. The molecule has 0 saturated carbocycles. The number of aromatic nitrogens is 1. The summed E-state index contributed by atoms with van der Waals surface area (Å²) in [6.45, 7) is 0. The van der Waals surface area contributed by atoms with Gasteiger partial charge in [0.25, 0.3) is 0 Å². The van der Waals surface area contributed by atoms with Gasteiger partial charge in [-0.05, 0) is 18.2 Å². The van der Waals surface area contributed by atoms with Gasteiger partial charge in [0.15, 0.2) is 11.6 Å². The number of nitrogens with zero attached hydrogens (tertiary/aromatic N) is 2. The van der Waals surface area contributed by atoms with E-state index in [0.717, 1.165) is 0 Å². The molecule has 4 rings (SSSR count). The minimum Gasteiger partial charge on any atom is -0.504 e. The van der Waals surface area contributed by atoms with Crippen molar-refractivity contribution in [2.24, 2.45) is 4.99 Å². The number of pyridine rings is 1. The van der Waals surface area contributed by atoms with Crippen LogP contribution in [0.4, 0.5) is 18.9 Å². The molecule has 140 valence electrons. The molecule has 0 radical (unpaired) electrons. The molecule has 7 heteroatoms. The van der Waals surface area contributed by atoms with E-state index in [1.165, 1.54) is 7.11 Å². The van der Waals surface area contributed by atoms with E-state index < -0.39 is 28.7 Å². The molecule has 0 atom stereocenters. The number of rotatable bonds is 2. The molecule has 1 N–H and O–H groups in total. The third kappa shape index (κ3) is 2.72. The van der Waals surface area contributed by atoms with Gasteiger partial charge in [0.2, 0.25) is 17.5 Å². The molecule has 0 aliphatic rings. The zero-order valence-electron chi connectivity index (χ0n) is 14.6. The number of phenolic OH excluding ortho intramolecular Hbond substituents is 1. The van der Waals surface area contributed by atoms with Crippen LogP contribution in [0.2, 0.25) is 0 Å². The monoisotopic (exact) mass is 382 g/mol. The van der Waals surface area contributed by atoms with Gasteiger partial charge in [-0.25, -0.2) is 18.8 Å². The fourth-order valence-corrected chi connectivity index (χ4v) is 3.06. The summed E-state index contributed by atoms with van der Waals surface area (Å²) in [4.78, 5) is 8.46. The van der Waals surface area contributed by atoms with E-state index in [1.807, 2.05) is 6.07 Å².